The lowest BCUT2D eigenvalue weighted by molar-refractivity contribution is 0.0931. The first-order valence-corrected chi connectivity index (χ1v) is 9.89. The summed E-state index contributed by atoms with van der Waals surface area (Å²) in [4.78, 5) is 13.0. The number of nitrogens with one attached hydrogen (secondary N) is 1. The number of carbonyl (C=O) groups excluding carboxylic acids is 1. The molecule has 1 unspecified atom stereocenters. The molecule has 0 aromatic heterocycles. The van der Waals surface area contributed by atoms with Crippen LogP contribution in [0.25, 0.3) is 0 Å². The molecule has 0 aliphatic heterocycles. The predicted molar refractivity (Wildman–Crippen MR) is 116 cm³/mol. The third kappa shape index (κ3) is 5.52. The zero-order valence-corrected chi connectivity index (χ0v) is 17.3. The summed E-state index contributed by atoms with van der Waals surface area (Å²) in [6.45, 7) is 2.40. The summed E-state index contributed by atoms with van der Waals surface area (Å²) in [5, 5.41) is 3.57. The zero-order valence-electron chi connectivity index (χ0n) is 16.5. The van der Waals surface area contributed by atoms with Gasteiger partial charge in [-0.1, -0.05) is 61.0 Å². The van der Waals surface area contributed by atoms with Crippen molar-refractivity contribution in [2.45, 2.75) is 26.0 Å². The maximum atomic E-state index is 13.0. The summed E-state index contributed by atoms with van der Waals surface area (Å²) in [5.41, 5.74) is 2.45. The minimum atomic E-state index is -0.224. The molecule has 1 N–H and O–H groups in total. The maximum absolute atomic E-state index is 13.0. The number of hydrogen-bond acceptors (Lipinski definition) is 3. The van der Waals surface area contributed by atoms with Gasteiger partial charge in [0.15, 0.2) is 0 Å². The van der Waals surface area contributed by atoms with Gasteiger partial charge in [0, 0.05) is 5.02 Å². The third-order valence-electron chi connectivity index (χ3n) is 4.66. The van der Waals surface area contributed by atoms with Crippen molar-refractivity contribution in [2.24, 2.45) is 0 Å². The minimum Gasteiger partial charge on any atom is -0.497 e. The summed E-state index contributed by atoms with van der Waals surface area (Å²) in [6, 6.07) is 22.5. The molecule has 4 nitrogen and oxygen atoms in total. The first-order valence-electron chi connectivity index (χ1n) is 9.51. The monoisotopic (exact) mass is 409 g/mol. The van der Waals surface area contributed by atoms with E-state index in [0.717, 1.165) is 23.3 Å². The minimum absolute atomic E-state index is 0.130. The van der Waals surface area contributed by atoms with Gasteiger partial charge in [-0.2, -0.15) is 0 Å². The summed E-state index contributed by atoms with van der Waals surface area (Å²) >= 11 is 6.15. The average Bonchev–Trinajstić information content (AvgIpc) is 2.77. The van der Waals surface area contributed by atoms with Crippen LogP contribution in [-0.4, -0.2) is 13.0 Å². The molecule has 1 atom stereocenters. The fourth-order valence-corrected chi connectivity index (χ4v) is 3.21. The van der Waals surface area contributed by atoms with Crippen LogP contribution in [0.2, 0.25) is 5.02 Å². The lowest BCUT2D eigenvalue weighted by Gasteiger charge is -2.19. The molecular weight excluding hydrogens is 386 g/mol. The van der Waals surface area contributed by atoms with E-state index in [0.29, 0.717) is 22.9 Å². The molecule has 0 saturated heterocycles. The van der Waals surface area contributed by atoms with E-state index in [9.17, 15) is 4.79 Å². The van der Waals surface area contributed by atoms with E-state index >= 15 is 0 Å². The Hall–Kier alpha value is -2.98. The highest BCUT2D eigenvalue weighted by Gasteiger charge is 2.18. The van der Waals surface area contributed by atoms with E-state index in [2.05, 4.69) is 5.32 Å². The van der Waals surface area contributed by atoms with Crippen molar-refractivity contribution in [3.05, 3.63) is 94.5 Å². The van der Waals surface area contributed by atoms with Crippen LogP contribution in [0.3, 0.4) is 0 Å². The van der Waals surface area contributed by atoms with Gasteiger partial charge in [-0.15, -0.1) is 0 Å². The molecule has 0 saturated carbocycles. The Morgan fingerprint density at radius 2 is 1.76 bits per heavy atom. The number of halogens is 1. The Balaban J connectivity index is 1.76. The lowest BCUT2D eigenvalue weighted by atomic mass is 10.0. The van der Waals surface area contributed by atoms with Gasteiger partial charge in [0.05, 0.1) is 18.7 Å². The van der Waals surface area contributed by atoms with Crippen LogP contribution < -0.4 is 14.8 Å². The maximum Gasteiger partial charge on any atom is 0.255 e. The number of ether oxygens (including phenoxy) is 2. The number of methoxy groups -OCH3 is 1. The quantitative estimate of drug-likeness (QED) is 0.510. The molecular formula is C24H24ClNO3. The van der Waals surface area contributed by atoms with Crippen LogP contribution in [0, 0.1) is 0 Å². The predicted octanol–water partition coefficient (Wildman–Crippen LogP) is 5.81. The summed E-state index contributed by atoms with van der Waals surface area (Å²) in [6.07, 6.45) is 0.749. The SMILES string of the molecule is CCC(NC(=O)c1cc(Cl)ccc1OCc1ccccc1)c1ccc(OC)cc1. The van der Waals surface area contributed by atoms with Crippen LogP contribution in [-0.2, 0) is 6.61 Å². The van der Waals surface area contributed by atoms with Crippen LogP contribution in [0.15, 0.2) is 72.8 Å². The van der Waals surface area contributed by atoms with Gasteiger partial charge in [0.25, 0.3) is 5.91 Å². The molecule has 3 aromatic carbocycles. The zero-order chi connectivity index (χ0) is 20.6. The Kier molecular flexibility index (Phi) is 7.14. The molecule has 3 rings (SSSR count). The van der Waals surface area contributed by atoms with Gasteiger partial charge < -0.3 is 14.8 Å². The Morgan fingerprint density at radius 3 is 2.41 bits per heavy atom. The fraction of sp³-hybridized carbons (Fsp3) is 0.208. The molecule has 0 radical (unpaired) electrons. The Morgan fingerprint density at radius 1 is 1.03 bits per heavy atom. The Bertz CT molecular complexity index is 942. The number of carbonyl (C=O) groups is 1. The first kappa shape index (κ1) is 20.7. The normalized spacial score (nSPS) is 11.6. The molecule has 0 aliphatic rings. The first-order chi connectivity index (χ1) is 14.1. The van der Waals surface area contributed by atoms with Gasteiger partial charge in [-0.05, 0) is 47.9 Å². The smallest absolute Gasteiger partial charge is 0.255 e. The Labute approximate surface area is 176 Å². The van der Waals surface area contributed by atoms with Crippen molar-refractivity contribution in [3.63, 3.8) is 0 Å². The van der Waals surface area contributed by atoms with Gasteiger partial charge >= 0.3 is 0 Å². The van der Waals surface area contributed by atoms with Crippen molar-refractivity contribution in [3.8, 4) is 11.5 Å². The molecule has 0 heterocycles. The standard InChI is InChI=1S/C24H24ClNO3/c1-3-22(18-9-12-20(28-2)13-10-18)26-24(27)21-15-19(25)11-14-23(21)29-16-17-7-5-4-6-8-17/h4-15,22H,3,16H2,1-2H3,(H,26,27). The van der Waals surface area contributed by atoms with Crippen LogP contribution in [0.5, 0.6) is 11.5 Å². The molecule has 0 fully saturated rings. The molecule has 1 amide bonds. The van der Waals surface area contributed by atoms with Crippen molar-refractivity contribution in [2.75, 3.05) is 7.11 Å². The van der Waals surface area contributed by atoms with E-state index in [4.69, 9.17) is 21.1 Å². The molecule has 3 aromatic rings. The third-order valence-corrected chi connectivity index (χ3v) is 4.89. The van der Waals surface area contributed by atoms with Gasteiger partial charge in [0.1, 0.15) is 18.1 Å². The second-order valence-electron chi connectivity index (χ2n) is 6.62. The second-order valence-corrected chi connectivity index (χ2v) is 7.06. The van der Waals surface area contributed by atoms with Crippen molar-refractivity contribution in [1.82, 2.24) is 5.32 Å². The average molecular weight is 410 g/mol. The molecule has 0 bridgehead atoms. The van der Waals surface area contributed by atoms with E-state index in [1.165, 1.54) is 0 Å². The second kappa shape index (κ2) is 9.99. The molecule has 150 valence electrons. The van der Waals surface area contributed by atoms with Gasteiger partial charge in [-0.3, -0.25) is 4.79 Å². The van der Waals surface area contributed by atoms with Crippen LogP contribution >= 0.6 is 11.6 Å². The fourth-order valence-electron chi connectivity index (χ4n) is 3.03. The number of benzene rings is 3. The number of hydrogen-bond donors (Lipinski definition) is 1. The highest BCUT2D eigenvalue weighted by Crippen LogP contribution is 2.26. The molecule has 0 aliphatic carbocycles. The summed E-state index contributed by atoms with van der Waals surface area (Å²) < 4.78 is 11.1. The van der Waals surface area contributed by atoms with E-state index in [1.807, 2.05) is 61.5 Å². The summed E-state index contributed by atoms with van der Waals surface area (Å²) in [7, 11) is 1.63. The largest absolute Gasteiger partial charge is 0.497 e. The number of rotatable bonds is 8. The van der Waals surface area contributed by atoms with Crippen LogP contribution in [0.4, 0.5) is 0 Å². The highest BCUT2D eigenvalue weighted by molar-refractivity contribution is 6.31. The van der Waals surface area contributed by atoms with Crippen molar-refractivity contribution >= 4 is 17.5 Å². The van der Waals surface area contributed by atoms with E-state index < -0.39 is 0 Å². The highest BCUT2D eigenvalue weighted by atomic mass is 35.5. The van der Waals surface area contributed by atoms with Crippen molar-refractivity contribution < 1.29 is 14.3 Å². The molecule has 0 spiro atoms. The lowest BCUT2D eigenvalue weighted by Crippen LogP contribution is -2.28. The van der Waals surface area contributed by atoms with Gasteiger partial charge in [0.2, 0.25) is 0 Å². The number of amides is 1. The van der Waals surface area contributed by atoms with E-state index in [-0.39, 0.29) is 11.9 Å². The van der Waals surface area contributed by atoms with Crippen molar-refractivity contribution in [1.29, 1.82) is 0 Å². The molecule has 29 heavy (non-hydrogen) atoms. The summed E-state index contributed by atoms with van der Waals surface area (Å²) in [5.74, 6) is 1.06. The topological polar surface area (TPSA) is 47.6 Å². The van der Waals surface area contributed by atoms with Gasteiger partial charge in [-0.25, -0.2) is 0 Å². The molecule has 5 heteroatoms. The van der Waals surface area contributed by atoms with Crippen LogP contribution in [0.1, 0.15) is 40.9 Å². The van der Waals surface area contributed by atoms with E-state index in [1.54, 1.807) is 25.3 Å².